The van der Waals surface area contributed by atoms with Crippen molar-refractivity contribution in [2.75, 3.05) is 12.4 Å². The number of hydrogen-bond acceptors (Lipinski definition) is 3. The zero-order chi connectivity index (χ0) is 15.9. The van der Waals surface area contributed by atoms with E-state index in [0.29, 0.717) is 13.0 Å². The van der Waals surface area contributed by atoms with Gasteiger partial charge in [0.2, 0.25) is 9.05 Å². The van der Waals surface area contributed by atoms with Gasteiger partial charge >= 0.3 is 0 Å². The molecule has 5 heteroatoms. The first kappa shape index (κ1) is 18.3. The van der Waals surface area contributed by atoms with Gasteiger partial charge in [0.1, 0.15) is 5.75 Å². The van der Waals surface area contributed by atoms with Gasteiger partial charge < -0.3 is 4.74 Å². The molecule has 0 fully saturated rings. The van der Waals surface area contributed by atoms with Gasteiger partial charge in [-0.1, -0.05) is 45.7 Å². The molecule has 0 bridgehead atoms. The van der Waals surface area contributed by atoms with Crippen molar-refractivity contribution >= 4 is 19.7 Å². The number of halogens is 1. The van der Waals surface area contributed by atoms with Crippen LogP contribution in [0.4, 0.5) is 0 Å². The molecule has 120 valence electrons. The van der Waals surface area contributed by atoms with Gasteiger partial charge in [0, 0.05) is 10.7 Å². The first-order chi connectivity index (χ1) is 9.68. The standard InChI is InChI=1S/C16H25ClO3S/c1-16(2,3)14-9-8-10-15(13-14)20-11-6-4-5-7-12-21(17,18)19/h8-10,13H,4-7,11-12H2,1-3H3. The highest BCUT2D eigenvalue weighted by Gasteiger charge is 2.13. The largest absolute Gasteiger partial charge is 0.494 e. The minimum atomic E-state index is -3.34. The Labute approximate surface area is 133 Å². The minimum absolute atomic E-state index is 0.0586. The lowest BCUT2D eigenvalue weighted by Crippen LogP contribution is -2.11. The molecule has 21 heavy (non-hydrogen) atoms. The van der Waals surface area contributed by atoms with Crippen LogP contribution in [-0.2, 0) is 14.5 Å². The van der Waals surface area contributed by atoms with Crippen LogP contribution in [0.15, 0.2) is 24.3 Å². The maximum atomic E-state index is 10.8. The molecule has 0 heterocycles. The molecule has 0 spiro atoms. The highest BCUT2D eigenvalue weighted by atomic mass is 35.7. The summed E-state index contributed by atoms with van der Waals surface area (Å²) in [5.74, 6) is 0.953. The molecule has 0 unspecified atom stereocenters. The lowest BCUT2D eigenvalue weighted by atomic mass is 9.87. The Bertz CT molecular complexity index is 533. The van der Waals surface area contributed by atoms with E-state index in [0.717, 1.165) is 25.0 Å². The second-order valence-electron chi connectivity index (χ2n) is 6.28. The molecule has 0 radical (unpaired) electrons. The van der Waals surface area contributed by atoms with Crippen molar-refractivity contribution in [1.82, 2.24) is 0 Å². The van der Waals surface area contributed by atoms with Crippen molar-refractivity contribution in [2.45, 2.75) is 51.9 Å². The van der Waals surface area contributed by atoms with E-state index in [1.54, 1.807) is 0 Å². The van der Waals surface area contributed by atoms with Gasteiger partial charge in [-0.25, -0.2) is 8.42 Å². The second-order valence-corrected chi connectivity index (χ2v) is 9.18. The lowest BCUT2D eigenvalue weighted by Gasteiger charge is -2.19. The molecule has 0 aliphatic heterocycles. The monoisotopic (exact) mass is 332 g/mol. The van der Waals surface area contributed by atoms with Crippen molar-refractivity contribution in [3.05, 3.63) is 29.8 Å². The van der Waals surface area contributed by atoms with E-state index in [-0.39, 0.29) is 11.2 Å². The molecular formula is C16H25ClO3S. The normalized spacial score (nSPS) is 12.4. The van der Waals surface area contributed by atoms with Crippen molar-refractivity contribution in [1.29, 1.82) is 0 Å². The topological polar surface area (TPSA) is 43.4 Å². The summed E-state index contributed by atoms with van der Waals surface area (Å²) in [5.41, 5.74) is 1.37. The smallest absolute Gasteiger partial charge is 0.232 e. The molecule has 3 nitrogen and oxygen atoms in total. The average Bonchev–Trinajstić information content (AvgIpc) is 2.35. The molecule has 1 rings (SSSR count). The highest BCUT2D eigenvalue weighted by molar-refractivity contribution is 8.13. The SMILES string of the molecule is CC(C)(C)c1cccc(OCCCCCCS(=O)(=O)Cl)c1. The van der Waals surface area contributed by atoms with Gasteiger partial charge in [0.05, 0.1) is 12.4 Å². The van der Waals surface area contributed by atoms with E-state index in [1.807, 2.05) is 12.1 Å². The van der Waals surface area contributed by atoms with Gasteiger partial charge in [-0.2, -0.15) is 0 Å². The van der Waals surface area contributed by atoms with Crippen LogP contribution in [-0.4, -0.2) is 20.8 Å². The maximum Gasteiger partial charge on any atom is 0.232 e. The van der Waals surface area contributed by atoms with E-state index in [1.165, 1.54) is 5.56 Å². The Kier molecular flexibility index (Phi) is 7.01. The molecule has 1 aromatic carbocycles. The third-order valence-corrected chi connectivity index (χ3v) is 4.49. The van der Waals surface area contributed by atoms with Crippen LogP contribution in [0, 0.1) is 0 Å². The number of ether oxygens (including phenoxy) is 1. The van der Waals surface area contributed by atoms with Crippen LogP contribution in [0.3, 0.4) is 0 Å². The van der Waals surface area contributed by atoms with E-state index in [2.05, 4.69) is 32.9 Å². The van der Waals surface area contributed by atoms with Crippen LogP contribution in [0.5, 0.6) is 5.75 Å². The molecule has 0 saturated heterocycles. The van der Waals surface area contributed by atoms with Crippen molar-refractivity contribution in [3.8, 4) is 5.75 Å². The Morgan fingerprint density at radius 3 is 2.38 bits per heavy atom. The number of unbranched alkanes of at least 4 members (excludes halogenated alkanes) is 3. The van der Waals surface area contributed by atoms with E-state index < -0.39 is 9.05 Å². The molecule has 0 aromatic heterocycles. The number of rotatable bonds is 8. The van der Waals surface area contributed by atoms with Crippen molar-refractivity contribution < 1.29 is 13.2 Å². The van der Waals surface area contributed by atoms with Gasteiger partial charge in [0.25, 0.3) is 0 Å². The molecular weight excluding hydrogens is 308 g/mol. The zero-order valence-corrected chi connectivity index (χ0v) is 14.6. The van der Waals surface area contributed by atoms with Crippen LogP contribution in [0.25, 0.3) is 0 Å². The predicted molar refractivity (Wildman–Crippen MR) is 88.7 cm³/mol. The zero-order valence-electron chi connectivity index (χ0n) is 13.1. The summed E-state index contributed by atoms with van der Waals surface area (Å²) in [7, 11) is 1.81. The first-order valence-corrected chi connectivity index (χ1v) is 9.82. The van der Waals surface area contributed by atoms with Crippen LogP contribution in [0.1, 0.15) is 52.0 Å². The van der Waals surface area contributed by atoms with Crippen LogP contribution >= 0.6 is 10.7 Å². The Morgan fingerprint density at radius 1 is 1.10 bits per heavy atom. The average molecular weight is 333 g/mol. The quantitative estimate of drug-likeness (QED) is 0.520. The maximum absolute atomic E-state index is 10.8. The molecule has 0 aliphatic carbocycles. The first-order valence-electron chi connectivity index (χ1n) is 7.34. The van der Waals surface area contributed by atoms with Gasteiger partial charge in [-0.3, -0.25) is 0 Å². The van der Waals surface area contributed by atoms with Crippen molar-refractivity contribution in [3.63, 3.8) is 0 Å². The molecule has 0 aliphatic rings. The van der Waals surface area contributed by atoms with Gasteiger partial charge in [-0.05, 0) is 36.0 Å². The third-order valence-electron chi connectivity index (χ3n) is 3.25. The second kappa shape index (κ2) is 8.04. The summed E-state index contributed by atoms with van der Waals surface area (Å²) < 4.78 is 27.3. The fourth-order valence-corrected chi connectivity index (χ4v) is 2.85. The third kappa shape index (κ3) is 8.32. The Hall–Kier alpha value is -0.740. The summed E-state index contributed by atoms with van der Waals surface area (Å²) >= 11 is 0. The predicted octanol–water partition coefficient (Wildman–Crippen LogP) is 4.49. The number of hydrogen-bond donors (Lipinski definition) is 0. The van der Waals surface area contributed by atoms with E-state index in [4.69, 9.17) is 15.4 Å². The summed E-state index contributed by atoms with van der Waals surface area (Å²) in [5, 5.41) is 0. The minimum Gasteiger partial charge on any atom is -0.494 e. The van der Waals surface area contributed by atoms with Gasteiger partial charge in [0.15, 0.2) is 0 Å². The Morgan fingerprint density at radius 2 is 1.76 bits per heavy atom. The summed E-state index contributed by atoms with van der Waals surface area (Å²) in [6.07, 6.45) is 3.34. The van der Waals surface area contributed by atoms with Crippen LogP contribution < -0.4 is 4.74 Å². The highest BCUT2D eigenvalue weighted by Crippen LogP contribution is 2.25. The number of benzene rings is 1. The molecule has 1 aromatic rings. The molecule has 0 N–H and O–H groups in total. The fraction of sp³-hybridized carbons (Fsp3) is 0.625. The van der Waals surface area contributed by atoms with Crippen LogP contribution in [0.2, 0.25) is 0 Å². The molecule has 0 saturated carbocycles. The van der Waals surface area contributed by atoms with E-state index >= 15 is 0 Å². The van der Waals surface area contributed by atoms with Crippen molar-refractivity contribution in [2.24, 2.45) is 0 Å². The fourth-order valence-electron chi connectivity index (χ4n) is 1.97. The molecule has 0 atom stereocenters. The molecule has 0 amide bonds. The summed E-state index contributed by atoms with van der Waals surface area (Å²) in [6, 6.07) is 8.18. The van der Waals surface area contributed by atoms with Gasteiger partial charge in [-0.15, -0.1) is 0 Å². The van der Waals surface area contributed by atoms with E-state index in [9.17, 15) is 8.42 Å². The summed E-state index contributed by atoms with van der Waals surface area (Å²) in [4.78, 5) is 0. The Balaban J connectivity index is 2.24. The summed E-state index contributed by atoms with van der Waals surface area (Å²) in [6.45, 7) is 7.19. The lowest BCUT2D eigenvalue weighted by molar-refractivity contribution is 0.304.